The molecule has 3 aromatic rings. The van der Waals surface area contributed by atoms with Crippen LogP contribution in [0.15, 0.2) is 24.7 Å². The number of amides is 2. The number of carbonyl (C=O) groups excluding carboxylic acids is 2. The van der Waals surface area contributed by atoms with Crippen LogP contribution in [0.5, 0.6) is 0 Å². The van der Waals surface area contributed by atoms with E-state index in [0.29, 0.717) is 30.9 Å². The number of imidazole rings is 1. The summed E-state index contributed by atoms with van der Waals surface area (Å²) < 4.78 is 5.44. The Labute approximate surface area is 155 Å². The van der Waals surface area contributed by atoms with E-state index in [2.05, 4.69) is 10.2 Å². The Kier molecular flexibility index (Phi) is 3.56. The first-order valence-corrected chi connectivity index (χ1v) is 9.26. The maximum atomic E-state index is 13.0. The van der Waals surface area contributed by atoms with Gasteiger partial charge in [0.05, 0.1) is 25.0 Å². The Morgan fingerprint density at radius 1 is 1.00 bits per heavy atom. The van der Waals surface area contributed by atoms with Crippen molar-refractivity contribution in [2.24, 2.45) is 7.05 Å². The quantitative estimate of drug-likeness (QED) is 0.670. The molecular weight excluding hydrogens is 346 g/mol. The Hall–Kier alpha value is -3.10. The van der Waals surface area contributed by atoms with Crippen LogP contribution in [-0.4, -0.2) is 65.2 Å². The number of rotatable bonds is 2. The zero-order chi connectivity index (χ0) is 18.5. The normalized spacial score (nSPS) is 16.9. The number of nitrogens with zero attached hydrogens (tertiary/aromatic N) is 7. The van der Waals surface area contributed by atoms with Gasteiger partial charge in [-0.1, -0.05) is 0 Å². The fraction of sp³-hybridized carbons (Fsp3) is 0.444. The minimum Gasteiger partial charge on any atom is -0.337 e. The van der Waals surface area contributed by atoms with Gasteiger partial charge in [-0.2, -0.15) is 10.2 Å². The molecule has 3 aromatic heterocycles. The number of carbonyl (C=O) groups is 2. The van der Waals surface area contributed by atoms with Crippen molar-refractivity contribution in [1.29, 1.82) is 0 Å². The molecule has 140 valence electrons. The minimum absolute atomic E-state index is 0.00516. The summed E-state index contributed by atoms with van der Waals surface area (Å²) in [5.41, 5.74) is 2.75. The van der Waals surface area contributed by atoms with Crippen molar-refractivity contribution in [2.45, 2.75) is 25.9 Å². The molecule has 1 saturated heterocycles. The Balaban J connectivity index is 1.38. The average molecular weight is 367 g/mol. The first kappa shape index (κ1) is 16.1. The van der Waals surface area contributed by atoms with E-state index in [1.54, 1.807) is 15.6 Å². The van der Waals surface area contributed by atoms with Gasteiger partial charge in [-0.15, -0.1) is 0 Å². The van der Waals surface area contributed by atoms with E-state index in [-0.39, 0.29) is 11.8 Å². The van der Waals surface area contributed by atoms with E-state index in [1.807, 2.05) is 39.7 Å². The third-order valence-electron chi connectivity index (χ3n) is 5.46. The number of aryl methyl sites for hydroxylation is 1. The Morgan fingerprint density at radius 3 is 2.63 bits per heavy atom. The second-order valence-electron chi connectivity index (χ2n) is 7.21. The summed E-state index contributed by atoms with van der Waals surface area (Å²) >= 11 is 0. The predicted molar refractivity (Wildman–Crippen MR) is 96.3 cm³/mol. The van der Waals surface area contributed by atoms with Gasteiger partial charge in [0.2, 0.25) is 0 Å². The lowest BCUT2D eigenvalue weighted by atomic mass is 10.2. The smallest absolute Gasteiger partial charge is 0.274 e. The van der Waals surface area contributed by atoms with E-state index in [4.69, 9.17) is 0 Å². The van der Waals surface area contributed by atoms with Crippen LogP contribution in [-0.2, 0) is 20.1 Å². The fourth-order valence-electron chi connectivity index (χ4n) is 4.00. The van der Waals surface area contributed by atoms with Crippen LogP contribution >= 0.6 is 0 Å². The highest BCUT2D eigenvalue weighted by atomic mass is 16.2. The molecule has 0 aliphatic carbocycles. The van der Waals surface area contributed by atoms with Gasteiger partial charge in [0.1, 0.15) is 11.2 Å². The lowest BCUT2D eigenvalue weighted by Gasteiger charge is -2.27. The van der Waals surface area contributed by atoms with Gasteiger partial charge in [0, 0.05) is 39.1 Å². The van der Waals surface area contributed by atoms with Crippen LogP contribution in [0.2, 0.25) is 0 Å². The molecular formula is C18H21N7O2. The van der Waals surface area contributed by atoms with Crippen molar-refractivity contribution >= 4 is 17.5 Å². The molecule has 0 unspecified atom stereocenters. The van der Waals surface area contributed by atoms with Crippen molar-refractivity contribution in [2.75, 3.05) is 19.6 Å². The lowest BCUT2D eigenvalue weighted by molar-refractivity contribution is 0.0705. The van der Waals surface area contributed by atoms with Crippen molar-refractivity contribution in [1.82, 2.24) is 33.8 Å². The molecule has 5 rings (SSSR count). The summed E-state index contributed by atoms with van der Waals surface area (Å²) in [6.07, 6.45) is 7.43. The lowest BCUT2D eigenvalue weighted by Crippen LogP contribution is -2.38. The average Bonchev–Trinajstić information content (AvgIpc) is 3.45. The maximum Gasteiger partial charge on any atom is 0.274 e. The zero-order valence-corrected chi connectivity index (χ0v) is 15.2. The van der Waals surface area contributed by atoms with Crippen LogP contribution in [0.4, 0.5) is 0 Å². The topological polar surface area (TPSA) is 80.7 Å². The molecule has 9 heteroatoms. The summed E-state index contributed by atoms with van der Waals surface area (Å²) in [5, 5.41) is 8.73. The van der Waals surface area contributed by atoms with Crippen molar-refractivity contribution in [3.63, 3.8) is 0 Å². The van der Waals surface area contributed by atoms with E-state index in [9.17, 15) is 9.59 Å². The van der Waals surface area contributed by atoms with Gasteiger partial charge in [0.25, 0.3) is 11.8 Å². The summed E-state index contributed by atoms with van der Waals surface area (Å²) in [5.74, 6) is -0.0545. The second kappa shape index (κ2) is 5.97. The number of fused-ring (bicyclic) bond motifs is 2. The van der Waals surface area contributed by atoms with Gasteiger partial charge in [-0.25, -0.2) is 4.52 Å². The first-order valence-electron chi connectivity index (χ1n) is 9.26. The third-order valence-corrected chi connectivity index (χ3v) is 5.46. The molecule has 0 bridgehead atoms. The summed E-state index contributed by atoms with van der Waals surface area (Å²) in [4.78, 5) is 29.3. The molecule has 27 heavy (non-hydrogen) atoms. The third kappa shape index (κ3) is 2.53. The van der Waals surface area contributed by atoms with E-state index in [0.717, 1.165) is 37.3 Å². The fourth-order valence-corrected chi connectivity index (χ4v) is 4.00. The predicted octanol–water partition coefficient (Wildman–Crippen LogP) is 0.761. The Morgan fingerprint density at radius 2 is 1.81 bits per heavy atom. The molecule has 2 amide bonds. The molecule has 2 aliphatic rings. The number of likely N-dealkylation sites (tertiary alicyclic amines) is 1. The molecule has 0 atom stereocenters. The van der Waals surface area contributed by atoms with Crippen molar-refractivity contribution in [3.05, 3.63) is 41.6 Å². The van der Waals surface area contributed by atoms with E-state index < -0.39 is 0 Å². The SMILES string of the molecule is Cn1ccn2ncc(C(=O)N3CCn4nc(C(=O)N5CCCC5)cc4C3)c12. The van der Waals surface area contributed by atoms with Crippen LogP contribution in [0.1, 0.15) is 39.4 Å². The maximum absolute atomic E-state index is 13.0. The molecule has 0 saturated carbocycles. The van der Waals surface area contributed by atoms with E-state index in [1.165, 1.54) is 0 Å². The molecule has 1 fully saturated rings. The van der Waals surface area contributed by atoms with Gasteiger partial charge >= 0.3 is 0 Å². The van der Waals surface area contributed by atoms with Gasteiger partial charge < -0.3 is 14.4 Å². The second-order valence-corrected chi connectivity index (χ2v) is 7.21. The highest BCUT2D eigenvalue weighted by Crippen LogP contribution is 2.20. The van der Waals surface area contributed by atoms with Crippen LogP contribution in [0, 0.1) is 0 Å². The zero-order valence-electron chi connectivity index (χ0n) is 15.2. The van der Waals surface area contributed by atoms with Gasteiger partial charge in [-0.3, -0.25) is 14.3 Å². The van der Waals surface area contributed by atoms with Crippen molar-refractivity contribution < 1.29 is 9.59 Å². The monoisotopic (exact) mass is 367 g/mol. The summed E-state index contributed by atoms with van der Waals surface area (Å²) in [7, 11) is 1.90. The van der Waals surface area contributed by atoms with Crippen LogP contribution in [0.3, 0.4) is 0 Å². The molecule has 0 aromatic carbocycles. The highest BCUT2D eigenvalue weighted by molar-refractivity contribution is 6.00. The van der Waals surface area contributed by atoms with Crippen LogP contribution in [0.25, 0.3) is 5.65 Å². The first-order chi connectivity index (χ1) is 13.1. The molecule has 0 spiro atoms. The largest absolute Gasteiger partial charge is 0.337 e. The minimum atomic E-state index is -0.0494. The van der Waals surface area contributed by atoms with Gasteiger partial charge in [0.15, 0.2) is 5.69 Å². The Bertz CT molecular complexity index is 1040. The standard InChI is InChI=1S/C18H21N7O2/c1-21-6-8-25-16(21)14(11-19-25)17(26)23-7-9-24-13(12-23)10-15(20-24)18(27)22-4-2-3-5-22/h6,8,10-11H,2-5,7,9,12H2,1H3. The number of hydrogen-bond donors (Lipinski definition) is 0. The molecule has 0 N–H and O–H groups in total. The molecule has 5 heterocycles. The van der Waals surface area contributed by atoms with Crippen molar-refractivity contribution in [3.8, 4) is 0 Å². The van der Waals surface area contributed by atoms with E-state index >= 15 is 0 Å². The highest BCUT2D eigenvalue weighted by Gasteiger charge is 2.28. The number of aromatic nitrogens is 5. The van der Waals surface area contributed by atoms with Crippen LogP contribution < -0.4 is 0 Å². The number of hydrogen-bond acceptors (Lipinski definition) is 4. The summed E-state index contributed by atoms with van der Waals surface area (Å²) in [6.45, 7) is 3.21. The van der Waals surface area contributed by atoms with Gasteiger partial charge in [-0.05, 0) is 18.9 Å². The summed E-state index contributed by atoms with van der Waals surface area (Å²) in [6, 6.07) is 1.83. The molecule has 0 radical (unpaired) electrons. The molecule has 2 aliphatic heterocycles. The molecule has 9 nitrogen and oxygen atoms in total.